The molecule has 1 aromatic rings. The van der Waals surface area contributed by atoms with Crippen molar-refractivity contribution in [1.82, 2.24) is 9.88 Å². The van der Waals surface area contributed by atoms with Crippen molar-refractivity contribution in [2.45, 2.75) is 0 Å². The third kappa shape index (κ3) is 2.85. The van der Waals surface area contributed by atoms with Gasteiger partial charge in [0.05, 0.1) is 0 Å². The van der Waals surface area contributed by atoms with Crippen molar-refractivity contribution < 1.29 is 0 Å². The lowest BCUT2D eigenvalue weighted by molar-refractivity contribution is 0.567. The minimum absolute atomic E-state index is 1.13. The molecule has 0 atom stereocenters. The maximum atomic E-state index is 3.99. The molecule has 0 bridgehead atoms. The minimum Gasteiger partial charge on any atom is -0.383 e. The van der Waals surface area contributed by atoms with E-state index in [4.69, 9.17) is 0 Å². The Bertz CT molecular complexity index is 227. The van der Waals surface area contributed by atoms with Crippen LogP contribution in [0.25, 0.3) is 6.08 Å². The van der Waals surface area contributed by atoms with E-state index in [1.54, 1.807) is 6.20 Å². The number of hydrogen-bond acceptors (Lipinski definition) is 2. The van der Waals surface area contributed by atoms with Gasteiger partial charge in [-0.25, -0.2) is 0 Å². The fourth-order valence-electron chi connectivity index (χ4n) is 0.710. The van der Waals surface area contributed by atoms with Gasteiger partial charge in [-0.15, -0.1) is 0 Å². The van der Waals surface area contributed by atoms with Crippen LogP contribution in [0, 0.1) is 0 Å². The Morgan fingerprint density at radius 1 is 1.45 bits per heavy atom. The summed E-state index contributed by atoms with van der Waals surface area (Å²) >= 11 is 0. The maximum Gasteiger partial charge on any atom is 0.0340 e. The minimum atomic E-state index is 1.13. The van der Waals surface area contributed by atoms with Gasteiger partial charge in [0.15, 0.2) is 0 Å². The number of rotatable bonds is 2. The van der Waals surface area contributed by atoms with Crippen LogP contribution in [0.3, 0.4) is 0 Å². The van der Waals surface area contributed by atoms with Crippen LogP contribution in [0.4, 0.5) is 0 Å². The van der Waals surface area contributed by atoms with Crippen LogP contribution in [0.1, 0.15) is 5.56 Å². The summed E-state index contributed by atoms with van der Waals surface area (Å²) in [5, 5.41) is 0. The topological polar surface area (TPSA) is 16.1 Å². The maximum absolute atomic E-state index is 3.99. The highest BCUT2D eigenvalue weighted by Crippen LogP contribution is 1.98. The molecule has 11 heavy (non-hydrogen) atoms. The summed E-state index contributed by atoms with van der Waals surface area (Å²) < 4.78 is 0. The van der Waals surface area contributed by atoms with Gasteiger partial charge in [0.25, 0.3) is 0 Å². The zero-order chi connectivity index (χ0) is 8.10. The molecule has 0 saturated carbocycles. The summed E-state index contributed by atoms with van der Waals surface area (Å²) in [7, 11) is 3.99. The van der Waals surface area contributed by atoms with E-state index in [9.17, 15) is 0 Å². The predicted molar refractivity (Wildman–Crippen MR) is 47.0 cm³/mol. The summed E-state index contributed by atoms with van der Waals surface area (Å²) in [4.78, 5) is 5.99. The second-order valence-corrected chi connectivity index (χ2v) is 2.57. The lowest BCUT2D eigenvalue weighted by Gasteiger charge is -2.02. The van der Waals surface area contributed by atoms with E-state index in [1.807, 2.05) is 49.6 Å². The standard InChI is InChI=1S/C9H12N2/c1-11(2)7-5-9-4-3-6-10-8-9/h3-8H,1-2H3/b7-5-. The summed E-state index contributed by atoms with van der Waals surface area (Å²) in [6, 6.07) is 3.95. The molecule has 1 rings (SSSR count). The molecule has 0 aliphatic rings. The van der Waals surface area contributed by atoms with Crippen LogP contribution in [-0.2, 0) is 0 Å². The van der Waals surface area contributed by atoms with E-state index in [0.717, 1.165) is 5.56 Å². The lowest BCUT2D eigenvalue weighted by Crippen LogP contribution is -1.99. The van der Waals surface area contributed by atoms with Crippen molar-refractivity contribution in [3.05, 3.63) is 36.3 Å². The van der Waals surface area contributed by atoms with Crippen LogP contribution in [-0.4, -0.2) is 24.0 Å². The zero-order valence-electron chi connectivity index (χ0n) is 6.86. The zero-order valence-corrected chi connectivity index (χ0v) is 6.86. The first-order valence-corrected chi connectivity index (χ1v) is 3.54. The SMILES string of the molecule is CN(C)/C=C\c1cccnc1. The predicted octanol–water partition coefficient (Wildman–Crippen LogP) is 1.61. The van der Waals surface area contributed by atoms with E-state index < -0.39 is 0 Å². The monoisotopic (exact) mass is 148 g/mol. The van der Waals surface area contributed by atoms with Crippen LogP contribution < -0.4 is 0 Å². The van der Waals surface area contributed by atoms with Gasteiger partial charge in [0, 0.05) is 26.5 Å². The molecular formula is C9H12N2. The van der Waals surface area contributed by atoms with Crippen molar-refractivity contribution in [2.24, 2.45) is 0 Å². The second kappa shape index (κ2) is 3.76. The van der Waals surface area contributed by atoms with Crippen molar-refractivity contribution >= 4 is 6.08 Å². The van der Waals surface area contributed by atoms with Gasteiger partial charge in [-0.1, -0.05) is 6.07 Å². The van der Waals surface area contributed by atoms with Gasteiger partial charge < -0.3 is 4.90 Å². The van der Waals surface area contributed by atoms with E-state index in [2.05, 4.69) is 4.98 Å². The summed E-state index contributed by atoms with van der Waals surface area (Å²) in [6.45, 7) is 0. The first-order valence-electron chi connectivity index (χ1n) is 3.54. The first-order chi connectivity index (χ1) is 5.29. The lowest BCUT2D eigenvalue weighted by atomic mass is 10.3. The third-order valence-corrected chi connectivity index (χ3v) is 1.25. The van der Waals surface area contributed by atoms with E-state index >= 15 is 0 Å². The molecule has 0 radical (unpaired) electrons. The molecule has 2 heteroatoms. The highest BCUT2D eigenvalue weighted by molar-refractivity contribution is 5.46. The largest absolute Gasteiger partial charge is 0.383 e. The summed E-state index contributed by atoms with van der Waals surface area (Å²) in [6.07, 6.45) is 7.62. The average Bonchev–Trinajstić information content (AvgIpc) is 2.03. The Kier molecular flexibility index (Phi) is 2.66. The van der Waals surface area contributed by atoms with E-state index in [1.165, 1.54) is 0 Å². The summed E-state index contributed by atoms with van der Waals surface area (Å²) in [5.74, 6) is 0. The van der Waals surface area contributed by atoms with Gasteiger partial charge in [-0.3, -0.25) is 4.98 Å². The Balaban J connectivity index is 2.65. The highest BCUT2D eigenvalue weighted by atomic mass is 15.0. The number of hydrogen-bond donors (Lipinski definition) is 0. The Labute approximate surface area is 67.2 Å². The quantitative estimate of drug-likeness (QED) is 0.633. The number of pyridine rings is 1. The van der Waals surface area contributed by atoms with Crippen molar-refractivity contribution in [1.29, 1.82) is 0 Å². The highest BCUT2D eigenvalue weighted by Gasteiger charge is 1.82. The molecule has 0 fully saturated rings. The van der Waals surface area contributed by atoms with Crippen LogP contribution >= 0.6 is 0 Å². The Morgan fingerprint density at radius 3 is 2.82 bits per heavy atom. The normalized spacial score (nSPS) is 10.4. The smallest absolute Gasteiger partial charge is 0.0340 e. The number of nitrogens with zero attached hydrogens (tertiary/aromatic N) is 2. The molecule has 0 aliphatic carbocycles. The van der Waals surface area contributed by atoms with Gasteiger partial charge in [0.2, 0.25) is 0 Å². The fourth-order valence-corrected chi connectivity index (χ4v) is 0.710. The molecule has 0 saturated heterocycles. The Hall–Kier alpha value is -1.31. The Morgan fingerprint density at radius 2 is 2.27 bits per heavy atom. The molecular weight excluding hydrogens is 136 g/mol. The first kappa shape index (κ1) is 7.79. The molecule has 0 amide bonds. The molecule has 1 aromatic heterocycles. The molecule has 0 spiro atoms. The van der Waals surface area contributed by atoms with Crippen LogP contribution in [0.5, 0.6) is 0 Å². The van der Waals surface area contributed by atoms with Crippen molar-refractivity contribution in [2.75, 3.05) is 14.1 Å². The average molecular weight is 148 g/mol. The van der Waals surface area contributed by atoms with Crippen molar-refractivity contribution in [3.8, 4) is 0 Å². The molecule has 0 N–H and O–H groups in total. The van der Waals surface area contributed by atoms with E-state index in [-0.39, 0.29) is 0 Å². The number of aromatic nitrogens is 1. The molecule has 0 aliphatic heterocycles. The molecule has 1 heterocycles. The molecule has 2 nitrogen and oxygen atoms in total. The van der Waals surface area contributed by atoms with Gasteiger partial charge >= 0.3 is 0 Å². The fraction of sp³-hybridized carbons (Fsp3) is 0.222. The molecule has 58 valence electrons. The van der Waals surface area contributed by atoms with Crippen molar-refractivity contribution in [3.63, 3.8) is 0 Å². The third-order valence-electron chi connectivity index (χ3n) is 1.25. The molecule has 0 unspecified atom stereocenters. The van der Waals surface area contributed by atoms with Gasteiger partial charge in [-0.2, -0.15) is 0 Å². The van der Waals surface area contributed by atoms with Gasteiger partial charge in [-0.05, 0) is 23.9 Å². The van der Waals surface area contributed by atoms with E-state index in [0.29, 0.717) is 0 Å². The van der Waals surface area contributed by atoms with Gasteiger partial charge in [0.1, 0.15) is 0 Å². The van der Waals surface area contributed by atoms with Crippen LogP contribution in [0.15, 0.2) is 30.7 Å². The summed E-state index contributed by atoms with van der Waals surface area (Å²) in [5.41, 5.74) is 1.13. The molecule has 0 aromatic carbocycles. The van der Waals surface area contributed by atoms with Crippen LogP contribution in [0.2, 0.25) is 0 Å². The second-order valence-electron chi connectivity index (χ2n) is 2.57.